The Kier molecular flexibility index (Phi) is 3.51. The molecule has 3 N–H and O–H groups in total. The highest BCUT2D eigenvalue weighted by molar-refractivity contribution is 5.91. The average molecular weight is 292 g/mol. The Balaban J connectivity index is 1.69. The minimum Gasteiger partial charge on any atom is -0.408 e. The number of rotatable bonds is 3. The molecule has 0 aliphatic heterocycles. The van der Waals surface area contributed by atoms with E-state index in [0.29, 0.717) is 17.7 Å². The normalized spacial score (nSPS) is 31.9. The summed E-state index contributed by atoms with van der Waals surface area (Å²) in [5, 5.41) is 10.7. The molecule has 6 heteroatoms. The Bertz CT molecular complexity index is 536. The van der Waals surface area contributed by atoms with Crippen LogP contribution in [0.25, 0.3) is 0 Å². The van der Waals surface area contributed by atoms with Crippen molar-refractivity contribution < 1.29 is 9.21 Å². The fraction of sp³-hybridized carbons (Fsp3) is 0.800. The molecule has 1 aromatic rings. The Morgan fingerprint density at radius 2 is 2.00 bits per heavy atom. The quantitative estimate of drug-likeness (QED) is 0.891. The molecular weight excluding hydrogens is 268 g/mol. The van der Waals surface area contributed by atoms with Gasteiger partial charge in [-0.2, -0.15) is 0 Å². The van der Waals surface area contributed by atoms with Gasteiger partial charge in [-0.15, -0.1) is 5.10 Å². The summed E-state index contributed by atoms with van der Waals surface area (Å²) in [6.45, 7) is 6.36. The van der Waals surface area contributed by atoms with Crippen molar-refractivity contribution in [1.82, 2.24) is 10.2 Å². The number of hydrogen-bond acceptors (Lipinski definition) is 5. The van der Waals surface area contributed by atoms with Gasteiger partial charge in [-0.1, -0.05) is 25.9 Å². The summed E-state index contributed by atoms with van der Waals surface area (Å²) < 4.78 is 5.51. The van der Waals surface area contributed by atoms with Crippen LogP contribution in [0.4, 0.5) is 6.01 Å². The minimum atomic E-state index is -0.138. The summed E-state index contributed by atoms with van der Waals surface area (Å²) in [7, 11) is 0. The summed E-state index contributed by atoms with van der Waals surface area (Å²) in [6, 6.07) is 0.383. The number of aromatic nitrogens is 2. The van der Waals surface area contributed by atoms with Crippen molar-refractivity contribution >= 4 is 11.9 Å². The van der Waals surface area contributed by atoms with Gasteiger partial charge < -0.3 is 10.2 Å². The molecule has 0 saturated heterocycles. The molecular formula is C15H24N4O2. The number of hydrogen-bond donors (Lipinski definition) is 2. The average Bonchev–Trinajstić information content (AvgIpc) is 3.17. The molecule has 2 aliphatic rings. The topological polar surface area (TPSA) is 94.0 Å². The van der Waals surface area contributed by atoms with Crippen LogP contribution in [0.2, 0.25) is 0 Å². The van der Waals surface area contributed by atoms with E-state index in [4.69, 9.17) is 10.2 Å². The molecule has 0 spiro atoms. The van der Waals surface area contributed by atoms with Gasteiger partial charge in [0, 0.05) is 17.9 Å². The SMILES string of the molecule is CC1C(N)CCC(C(=O)Nc2nnc(C3CC3)o2)C1(C)C. The van der Waals surface area contributed by atoms with Gasteiger partial charge in [-0.25, -0.2) is 0 Å². The maximum absolute atomic E-state index is 12.6. The lowest BCUT2D eigenvalue weighted by Gasteiger charge is -2.45. The third-order valence-corrected chi connectivity index (χ3v) is 5.42. The third-order valence-electron chi connectivity index (χ3n) is 5.42. The zero-order valence-corrected chi connectivity index (χ0v) is 12.9. The van der Waals surface area contributed by atoms with E-state index in [1.807, 2.05) is 0 Å². The van der Waals surface area contributed by atoms with Gasteiger partial charge in [0.15, 0.2) is 0 Å². The summed E-state index contributed by atoms with van der Waals surface area (Å²) in [4.78, 5) is 12.6. The third kappa shape index (κ3) is 2.69. The molecule has 116 valence electrons. The van der Waals surface area contributed by atoms with E-state index in [1.54, 1.807) is 0 Å². The summed E-state index contributed by atoms with van der Waals surface area (Å²) in [5.41, 5.74) is 6.00. The fourth-order valence-electron chi connectivity index (χ4n) is 3.29. The van der Waals surface area contributed by atoms with Crippen molar-refractivity contribution in [3.63, 3.8) is 0 Å². The molecule has 6 nitrogen and oxygen atoms in total. The summed E-state index contributed by atoms with van der Waals surface area (Å²) in [5.74, 6) is 1.22. The van der Waals surface area contributed by atoms with Crippen LogP contribution in [0.1, 0.15) is 58.3 Å². The van der Waals surface area contributed by atoms with Crippen molar-refractivity contribution in [2.75, 3.05) is 5.32 Å². The first-order valence-corrected chi connectivity index (χ1v) is 7.79. The van der Waals surface area contributed by atoms with E-state index in [-0.39, 0.29) is 29.3 Å². The first kappa shape index (κ1) is 14.5. The highest BCUT2D eigenvalue weighted by Crippen LogP contribution is 2.45. The van der Waals surface area contributed by atoms with Gasteiger partial charge in [0.05, 0.1) is 0 Å². The van der Waals surface area contributed by atoms with Crippen molar-refractivity contribution in [2.24, 2.45) is 23.0 Å². The van der Waals surface area contributed by atoms with E-state index in [1.165, 1.54) is 0 Å². The van der Waals surface area contributed by atoms with E-state index in [2.05, 4.69) is 36.3 Å². The van der Waals surface area contributed by atoms with Gasteiger partial charge in [0.2, 0.25) is 11.8 Å². The van der Waals surface area contributed by atoms with Crippen LogP contribution < -0.4 is 11.1 Å². The lowest BCUT2D eigenvalue weighted by Crippen LogP contribution is -2.50. The maximum atomic E-state index is 12.6. The monoisotopic (exact) mass is 292 g/mol. The molecule has 3 unspecified atom stereocenters. The maximum Gasteiger partial charge on any atom is 0.322 e. The molecule has 1 amide bonds. The summed E-state index contributed by atoms with van der Waals surface area (Å²) in [6.07, 6.45) is 3.87. The second-order valence-corrected chi connectivity index (χ2v) is 7.11. The van der Waals surface area contributed by atoms with Gasteiger partial charge in [0.1, 0.15) is 0 Å². The largest absolute Gasteiger partial charge is 0.408 e. The number of nitrogens with zero attached hydrogens (tertiary/aromatic N) is 2. The number of nitrogens with two attached hydrogens (primary N) is 1. The molecule has 1 heterocycles. The second-order valence-electron chi connectivity index (χ2n) is 7.11. The summed E-state index contributed by atoms with van der Waals surface area (Å²) >= 11 is 0. The van der Waals surface area contributed by atoms with Crippen molar-refractivity contribution in [3.05, 3.63) is 5.89 Å². The van der Waals surface area contributed by atoms with Crippen LogP contribution >= 0.6 is 0 Å². The zero-order valence-electron chi connectivity index (χ0n) is 12.9. The standard InChI is InChI=1S/C15H24N4O2/c1-8-11(16)7-6-10(15(8,2)3)12(20)17-14-19-18-13(21-14)9-4-5-9/h8-11H,4-7,16H2,1-3H3,(H,17,19,20). The van der Waals surface area contributed by atoms with Crippen LogP contribution in [0.15, 0.2) is 4.42 Å². The van der Waals surface area contributed by atoms with Gasteiger partial charge in [-0.05, 0) is 37.0 Å². The molecule has 0 aromatic carbocycles. The molecule has 2 aliphatic carbocycles. The highest BCUT2D eigenvalue weighted by atomic mass is 16.4. The lowest BCUT2D eigenvalue weighted by atomic mass is 9.61. The van der Waals surface area contributed by atoms with Crippen molar-refractivity contribution in [2.45, 2.75) is 58.4 Å². The molecule has 0 radical (unpaired) electrons. The number of carbonyl (C=O) groups is 1. The number of carbonyl (C=O) groups excluding carboxylic acids is 1. The zero-order chi connectivity index (χ0) is 15.2. The Morgan fingerprint density at radius 3 is 2.67 bits per heavy atom. The van der Waals surface area contributed by atoms with Crippen LogP contribution in [0.3, 0.4) is 0 Å². The first-order chi connectivity index (χ1) is 9.89. The molecule has 0 bridgehead atoms. The fourth-order valence-corrected chi connectivity index (χ4v) is 3.29. The predicted octanol–water partition coefficient (Wildman–Crippen LogP) is 2.29. The Morgan fingerprint density at radius 1 is 1.29 bits per heavy atom. The predicted molar refractivity (Wildman–Crippen MR) is 78.5 cm³/mol. The van der Waals surface area contributed by atoms with Crippen LogP contribution in [0.5, 0.6) is 0 Å². The second kappa shape index (κ2) is 5.09. The van der Waals surface area contributed by atoms with Gasteiger partial charge >= 0.3 is 6.01 Å². The Hall–Kier alpha value is -1.43. The van der Waals surface area contributed by atoms with E-state index in [9.17, 15) is 4.79 Å². The van der Waals surface area contributed by atoms with Crippen LogP contribution in [-0.2, 0) is 4.79 Å². The van der Waals surface area contributed by atoms with E-state index in [0.717, 1.165) is 25.7 Å². The first-order valence-electron chi connectivity index (χ1n) is 7.79. The minimum absolute atomic E-state index is 0.0373. The van der Waals surface area contributed by atoms with Crippen molar-refractivity contribution in [3.8, 4) is 0 Å². The Labute approximate surface area is 124 Å². The molecule has 2 fully saturated rings. The van der Waals surface area contributed by atoms with Crippen LogP contribution in [0, 0.1) is 17.3 Å². The van der Waals surface area contributed by atoms with Gasteiger partial charge in [0.25, 0.3) is 0 Å². The molecule has 21 heavy (non-hydrogen) atoms. The lowest BCUT2D eigenvalue weighted by molar-refractivity contribution is -0.127. The molecule has 3 atom stereocenters. The number of nitrogens with one attached hydrogen (secondary N) is 1. The van der Waals surface area contributed by atoms with Crippen molar-refractivity contribution in [1.29, 1.82) is 0 Å². The molecule has 3 rings (SSSR count). The highest BCUT2D eigenvalue weighted by Gasteiger charge is 2.45. The van der Waals surface area contributed by atoms with Crippen LogP contribution in [-0.4, -0.2) is 22.1 Å². The van der Waals surface area contributed by atoms with Gasteiger partial charge in [-0.3, -0.25) is 10.1 Å². The smallest absolute Gasteiger partial charge is 0.322 e. The van der Waals surface area contributed by atoms with E-state index >= 15 is 0 Å². The number of amides is 1. The molecule has 1 aromatic heterocycles. The van der Waals surface area contributed by atoms with E-state index < -0.39 is 0 Å². The number of anilines is 1. The molecule has 2 saturated carbocycles.